The first-order chi connectivity index (χ1) is 8.61. The predicted octanol–water partition coefficient (Wildman–Crippen LogP) is 3.62. The average molecular weight is 237 g/mol. The van der Waals surface area contributed by atoms with Crippen LogP contribution in [-0.2, 0) is 0 Å². The van der Waals surface area contributed by atoms with Crippen molar-refractivity contribution in [3.8, 4) is 6.07 Å². The lowest BCUT2D eigenvalue weighted by molar-refractivity contribution is 1.11. The topological polar surface area (TPSA) is 48.7 Å². The Labute approximate surface area is 107 Å². The molecule has 1 aromatic carbocycles. The number of nitrogens with one attached hydrogen (secondary N) is 1. The van der Waals surface area contributed by atoms with Gasteiger partial charge in [0.25, 0.3) is 0 Å². The smallest absolute Gasteiger partial charge is 0.103 e. The van der Waals surface area contributed by atoms with Crippen LogP contribution in [0.2, 0.25) is 0 Å². The van der Waals surface area contributed by atoms with Gasteiger partial charge in [-0.15, -0.1) is 0 Å². The Hall–Kier alpha value is -2.34. The molecule has 0 aliphatic heterocycles. The third-order valence-electron chi connectivity index (χ3n) is 2.85. The van der Waals surface area contributed by atoms with Crippen LogP contribution in [0.25, 0.3) is 0 Å². The Morgan fingerprint density at radius 1 is 1.11 bits per heavy atom. The zero-order valence-electron chi connectivity index (χ0n) is 10.8. The normalized spacial score (nSPS) is 9.89. The number of aromatic nitrogens is 1. The monoisotopic (exact) mass is 237 g/mol. The van der Waals surface area contributed by atoms with Gasteiger partial charge in [-0.05, 0) is 38.5 Å². The van der Waals surface area contributed by atoms with Crippen LogP contribution in [-0.4, -0.2) is 4.98 Å². The van der Waals surface area contributed by atoms with E-state index in [0.29, 0.717) is 5.56 Å². The van der Waals surface area contributed by atoms with Crippen molar-refractivity contribution < 1.29 is 0 Å². The highest BCUT2D eigenvalue weighted by atomic mass is 14.9. The maximum absolute atomic E-state index is 9.21. The second-order valence-corrected chi connectivity index (χ2v) is 4.32. The number of benzene rings is 1. The lowest BCUT2D eigenvalue weighted by Crippen LogP contribution is -2.00. The Kier molecular flexibility index (Phi) is 3.29. The number of pyridine rings is 1. The molecule has 3 heteroatoms. The maximum atomic E-state index is 9.21. The quantitative estimate of drug-likeness (QED) is 0.867. The highest BCUT2D eigenvalue weighted by Crippen LogP contribution is 2.25. The molecule has 0 radical (unpaired) electrons. The number of hydrogen-bond donors (Lipinski definition) is 1. The molecule has 0 bridgehead atoms. The number of nitrogens with zero attached hydrogens (tertiary/aromatic N) is 2. The zero-order chi connectivity index (χ0) is 13.1. The first-order valence-electron chi connectivity index (χ1n) is 5.83. The molecule has 0 aliphatic rings. The summed E-state index contributed by atoms with van der Waals surface area (Å²) in [6.07, 6.45) is 0. The van der Waals surface area contributed by atoms with E-state index in [9.17, 15) is 5.26 Å². The van der Waals surface area contributed by atoms with Crippen molar-refractivity contribution in [1.29, 1.82) is 5.26 Å². The van der Waals surface area contributed by atoms with Crippen LogP contribution in [0.3, 0.4) is 0 Å². The Bertz CT molecular complexity index is 624. The molecule has 0 atom stereocenters. The van der Waals surface area contributed by atoms with E-state index in [2.05, 4.69) is 16.4 Å². The highest BCUT2D eigenvalue weighted by Gasteiger charge is 2.08. The molecule has 1 heterocycles. The first-order valence-corrected chi connectivity index (χ1v) is 5.83. The minimum atomic E-state index is 0.601. The minimum Gasteiger partial charge on any atom is -0.354 e. The van der Waals surface area contributed by atoms with Gasteiger partial charge < -0.3 is 5.32 Å². The summed E-state index contributed by atoms with van der Waals surface area (Å²) in [7, 11) is 0. The number of para-hydroxylation sites is 1. The van der Waals surface area contributed by atoms with Crippen molar-refractivity contribution >= 4 is 11.4 Å². The average Bonchev–Trinajstić information content (AvgIpc) is 2.31. The molecule has 0 saturated heterocycles. The molecule has 90 valence electrons. The Morgan fingerprint density at radius 2 is 1.83 bits per heavy atom. The molecule has 0 aliphatic carbocycles. The van der Waals surface area contributed by atoms with Gasteiger partial charge in [0.05, 0.1) is 16.9 Å². The fourth-order valence-electron chi connectivity index (χ4n) is 1.93. The van der Waals surface area contributed by atoms with Crippen molar-refractivity contribution in [2.45, 2.75) is 20.8 Å². The van der Waals surface area contributed by atoms with E-state index in [1.807, 2.05) is 51.1 Å². The molecule has 0 fully saturated rings. The number of nitriles is 1. The summed E-state index contributed by atoms with van der Waals surface area (Å²) < 4.78 is 0. The van der Waals surface area contributed by atoms with Crippen molar-refractivity contribution in [3.63, 3.8) is 0 Å². The number of aryl methyl sites for hydroxylation is 3. The number of hydrogen-bond acceptors (Lipinski definition) is 3. The van der Waals surface area contributed by atoms with E-state index in [-0.39, 0.29) is 0 Å². The van der Waals surface area contributed by atoms with Crippen LogP contribution in [0.15, 0.2) is 30.3 Å². The van der Waals surface area contributed by atoms with Crippen molar-refractivity contribution in [2.75, 3.05) is 5.32 Å². The van der Waals surface area contributed by atoms with Crippen LogP contribution in [0.1, 0.15) is 22.5 Å². The highest BCUT2D eigenvalue weighted by molar-refractivity contribution is 5.69. The zero-order valence-corrected chi connectivity index (χ0v) is 10.8. The van der Waals surface area contributed by atoms with Crippen LogP contribution in [0, 0.1) is 32.1 Å². The number of rotatable bonds is 2. The molecule has 2 aromatic rings. The van der Waals surface area contributed by atoms with Crippen LogP contribution >= 0.6 is 0 Å². The van der Waals surface area contributed by atoms with Gasteiger partial charge in [0.2, 0.25) is 0 Å². The van der Waals surface area contributed by atoms with Crippen LogP contribution < -0.4 is 5.32 Å². The standard InChI is InChI=1S/C15H15N3/c1-10-6-4-5-7-14(10)18-15-8-11(2)17-12(3)13(15)9-16/h4-8H,1-3H3,(H,17,18). The largest absolute Gasteiger partial charge is 0.354 e. The van der Waals surface area contributed by atoms with E-state index in [1.165, 1.54) is 0 Å². The third-order valence-corrected chi connectivity index (χ3v) is 2.85. The molecule has 2 rings (SSSR count). The fourth-order valence-corrected chi connectivity index (χ4v) is 1.93. The summed E-state index contributed by atoms with van der Waals surface area (Å²) in [5.74, 6) is 0. The Morgan fingerprint density at radius 3 is 2.50 bits per heavy atom. The summed E-state index contributed by atoms with van der Waals surface area (Å²) in [6, 6.07) is 12.1. The van der Waals surface area contributed by atoms with Gasteiger partial charge in [-0.25, -0.2) is 0 Å². The van der Waals surface area contributed by atoms with Crippen LogP contribution in [0.5, 0.6) is 0 Å². The molecule has 1 N–H and O–H groups in total. The van der Waals surface area contributed by atoms with Gasteiger partial charge in [0.15, 0.2) is 0 Å². The SMILES string of the molecule is Cc1cc(Nc2ccccc2C)c(C#N)c(C)n1. The van der Waals surface area contributed by atoms with Crippen molar-refractivity contribution in [1.82, 2.24) is 4.98 Å². The summed E-state index contributed by atoms with van der Waals surface area (Å²) in [4.78, 5) is 4.31. The van der Waals surface area contributed by atoms with E-state index in [0.717, 1.165) is 28.3 Å². The minimum absolute atomic E-state index is 0.601. The van der Waals surface area contributed by atoms with E-state index >= 15 is 0 Å². The molecule has 0 saturated carbocycles. The lowest BCUT2D eigenvalue weighted by atomic mass is 10.1. The molecule has 0 spiro atoms. The van der Waals surface area contributed by atoms with Gasteiger partial charge >= 0.3 is 0 Å². The lowest BCUT2D eigenvalue weighted by Gasteiger charge is -2.12. The predicted molar refractivity (Wildman–Crippen MR) is 72.9 cm³/mol. The van der Waals surface area contributed by atoms with E-state index in [1.54, 1.807) is 0 Å². The van der Waals surface area contributed by atoms with Gasteiger partial charge in [0, 0.05) is 11.4 Å². The maximum Gasteiger partial charge on any atom is 0.103 e. The molecule has 0 amide bonds. The van der Waals surface area contributed by atoms with Gasteiger partial charge in [-0.1, -0.05) is 18.2 Å². The summed E-state index contributed by atoms with van der Waals surface area (Å²) >= 11 is 0. The fraction of sp³-hybridized carbons (Fsp3) is 0.200. The summed E-state index contributed by atoms with van der Waals surface area (Å²) in [5, 5.41) is 12.5. The third kappa shape index (κ3) is 2.33. The van der Waals surface area contributed by atoms with Crippen molar-refractivity contribution in [3.05, 3.63) is 52.8 Å². The molecule has 18 heavy (non-hydrogen) atoms. The first kappa shape index (κ1) is 12.1. The summed E-state index contributed by atoms with van der Waals surface area (Å²) in [5.41, 5.74) is 5.24. The van der Waals surface area contributed by atoms with E-state index < -0.39 is 0 Å². The molecule has 0 unspecified atom stereocenters. The van der Waals surface area contributed by atoms with E-state index in [4.69, 9.17) is 0 Å². The van der Waals surface area contributed by atoms with Crippen molar-refractivity contribution in [2.24, 2.45) is 0 Å². The number of anilines is 2. The second kappa shape index (κ2) is 4.89. The van der Waals surface area contributed by atoms with Crippen LogP contribution in [0.4, 0.5) is 11.4 Å². The molecular weight excluding hydrogens is 222 g/mol. The second-order valence-electron chi connectivity index (χ2n) is 4.32. The Balaban J connectivity index is 2.47. The van der Waals surface area contributed by atoms with Gasteiger partial charge in [0.1, 0.15) is 6.07 Å². The van der Waals surface area contributed by atoms with Gasteiger partial charge in [-0.2, -0.15) is 5.26 Å². The summed E-state index contributed by atoms with van der Waals surface area (Å²) in [6.45, 7) is 5.82. The molecule has 1 aromatic heterocycles. The molecule has 3 nitrogen and oxygen atoms in total. The molecular formula is C15H15N3. The van der Waals surface area contributed by atoms with Gasteiger partial charge in [-0.3, -0.25) is 4.98 Å².